The van der Waals surface area contributed by atoms with Crippen LogP contribution < -0.4 is 0 Å². The maximum Gasteiger partial charge on any atom is 0.335 e. The van der Waals surface area contributed by atoms with Crippen molar-refractivity contribution in [2.75, 3.05) is 7.11 Å². The van der Waals surface area contributed by atoms with Crippen molar-refractivity contribution in [1.29, 1.82) is 0 Å². The molecule has 0 amide bonds. The van der Waals surface area contributed by atoms with Crippen molar-refractivity contribution >= 4 is 5.97 Å². The topological polar surface area (TPSA) is 35.5 Å². The molecule has 1 aromatic carbocycles. The van der Waals surface area contributed by atoms with Gasteiger partial charge in [0.1, 0.15) is 5.76 Å². The van der Waals surface area contributed by atoms with Crippen LogP contribution in [0.1, 0.15) is 17.2 Å². The highest BCUT2D eigenvalue weighted by Gasteiger charge is 2.28. The Labute approximate surface area is 88.3 Å². The molecule has 3 nitrogen and oxygen atoms in total. The zero-order valence-electron chi connectivity index (χ0n) is 8.69. The summed E-state index contributed by atoms with van der Waals surface area (Å²) in [5, 5.41) is 0. The number of rotatable bonds is 2. The molecule has 0 spiro atoms. The van der Waals surface area contributed by atoms with Crippen LogP contribution in [0.4, 0.5) is 0 Å². The Morgan fingerprint density at radius 3 is 2.53 bits per heavy atom. The molecule has 2 rings (SSSR count). The summed E-state index contributed by atoms with van der Waals surface area (Å²) in [6, 6.07) is 7.83. The van der Waals surface area contributed by atoms with E-state index in [0.29, 0.717) is 5.76 Å². The molecule has 1 aromatic rings. The molecule has 1 heterocycles. The predicted molar refractivity (Wildman–Crippen MR) is 55.1 cm³/mol. The highest BCUT2D eigenvalue weighted by atomic mass is 16.6. The molecule has 1 unspecified atom stereocenters. The Kier molecular flexibility index (Phi) is 2.46. The molecule has 78 valence electrons. The molecular formula is C12H12O3. The number of cyclic esters (lactones) is 1. The number of carbonyl (C=O) groups is 1. The van der Waals surface area contributed by atoms with Crippen LogP contribution in [0.25, 0.3) is 0 Å². The molecule has 1 aliphatic rings. The van der Waals surface area contributed by atoms with Crippen molar-refractivity contribution in [3.8, 4) is 0 Å². The van der Waals surface area contributed by atoms with E-state index in [1.807, 2.05) is 31.2 Å². The number of methoxy groups -OCH3 is 1. The largest absolute Gasteiger partial charge is 0.496 e. The lowest BCUT2D eigenvalue weighted by atomic mass is 10.1. The summed E-state index contributed by atoms with van der Waals surface area (Å²) in [7, 11) is 1.54. The monoisotopic (exact) mass is 204 g/mol. The van der Waals surface area contributed by atoms with Crippen molar-refractivity contribution in [3.63, 3.8) is 0 Å². The van der Waals surface area contributed by atoms with Gasteiger partial charge in [0.25, 0.3) is 0 Å². The third-order valence-electron chi connectivity index (χ3n) is 2.37. The lowest BCUT2D eigenvalue weighted by Crippen LogP contribution is -2.04. The van der Waals surface area contributed by atoms with Crippen molar-refractivity contribution in [3.05, 3.63) is 47.2 Å². The molecule has 0 fully saturated rings. The normalized spacial score (nSPS) is 19.7. The van der Waals surface area contributed by atoms with Crippen LogP contribution in [0.5, 0.6) is 0 Å². The molecule has 0 N–H and O–H groups in total. The molecule has 1 atom stereocenters. The number of ether oxygens (including phenoxy) is 2. The van der Waals surface area contributed by atoms with Gasteiger partial charge in [-0.25, -0.2) is 4.79 Å². The fourth-order valence-corrected chi connectivity index (χ4v) is 1.54. The second-order valence-corrected chi connectivity index (χ2v) is 3.48. The third-order valence-corrected chi connectivity index (χ3v) is 2.37. The standard InChI is InChI=1S/C12H12O3/c1-8-3-5-9(6-4-8)12-10(14-2)7-11(13)15-12/h3-7,12H,1-2H3. The zero-order valence-corrected chi connectivity index (χ0v) is 8.69. The van der Waals surface area contributed by atoms with Crippen molar-refractivity contribution in [2.45, 2.75) is 13.0 Å². The van der Waals surface area contributed by atoms with Crippen LogP contribution in [0.3, 0.4) is 0 Å². The van der Waals surface area contributed by atoms with Gasteiger partial charge in [-0.2, -0.15) is 0 Å². The van der Waals surface area contributed by atoms with E-state index in [2.05, 4.69) is 0 Å². The summed E-state index contributed by atoms with van der Waals surface area (Å²) in [4.78, 5) is 11.1. The number of hydrogen-bond acceptors (Lipinski definition) is 3. The molecule has 1 aliphatic heterocycles. The fourth-order valence-electron chi connectivity index (χ4n) is 1.54. The van der Waals surface area contributed by atoms with E-state index >= 15 is 0 Å². The summed E-state index contributed by atoms with van der Waals surface area (Å²) < 4.78 is 10.2. The molecule has 0 aromatic heterocycles. The quantitative estimate of drug-likeness (QED) is 0.692. The fraction of sp³-hybridized carbons (Fsp3) is 0.250. The van der Waals surface area contributed by atoms with Gasteiger partial charge in [0.15, 0.2) is 6.10 Å². The van der Waals surface area contributed by atoms with Crippen molar-refractivity contribution in [1.82, 2.24) is 0 Å². The Morgan fingerprint density at radius 2 is 1.93 bits per heavy atom. The first-order chi connectivity index (χ1) is 7.20. The van der Waals surface area contributed by atoms with E-state index in [9.17, 15) is 4.79 Å². The molecule has 0 saturated heterocycles. The van der Waals surface area contributed by atoms with Gasteiger partial charge in [-0.3, -0.25) is 0 Å². The van der Waals surface area contributed by atoms with Crippen molar-refractivity contribution in [2.24, 2.45) is 0 Å². The molecule has 0 radical (unpaired) electrons. The average Bonchev–Trinajstić information content (AvgIpc) is 2.61. The number of benzene rings is 1. The Morgan fingerprint density at radius 1 is 1.27 bits per heavy atom. The van der Waals surface area contributed by atoms with Gasteiger partial charge in [-0.15, -0.1) is 0 Å². The van der Waals surface area contributed by atoms with Gasteiger partial charge in [-0.1, -0.05) is 29.8 Å². The van der Waals surface area contributed by atoms with E-state index in [1.165, 1.54) is 18.7 Å². The Balaban J connectivity index is 2.28. The number of carbonyl (C=O) groups excluding carboxylic acids is 1. The van der Waals surface area contributed by atoms with Crippen LogP contribution in [0, 0.1) is 6.92 Å². The minimum atomic E-state index is -0.386. The molecule has 0 bridgehead atoms. The molecular weight excluding hydrogens is 192 g/mol. The van der Waals surface area contributed by atoms with Gasteiger partial charge >= 0.3 is 5.97 Å². The van der Waals surface area contributed by atoms with Crippen LogP contribution in [-0.2, 0) is 14.3 Å². The highest BCUT2D eigenvalue weighted by molar-refractivity contribution is 5.85. The minimum Gasteiger partial charge on any atom is -0.496 e. The predicted octanol–water partition coefficient (Wildman–Crippen LogP) is 2.12. The molecule has 3 heteroatoms. The smallest absolute Gasteiger partial charge is 0.335 e. The SMILES string of the molecule is COC1=CC(=O)OC1c1ccc(C)cc1. The second-order valence-electron chi connectivity index (χ2n) is 3.48. The van der Waals surface area contributed by atoms with E-state index in [-0.39, 0.29) is 12.1 Å². The lowest BCUT2D eigenvalue weighted by molar-refractivity contribution is -0.139. The first kappa shape index (κ1) is 9.77. The minimum absolute atomic E-state index is 0.350. The molecule has 0 saturated carbocycles. The van der Waals surface area contributed by atoms with Crippen LogP contribution in [0.2, 0.25) is 0 Å². The number of aryl methyl sites for hydroxylation is 1. The highest BCUT2D eigenvalue weighted by Crippen LogP contribution is 2.31. The van der Waals surface area contributed by atoms with Crippen LogP contribution in [-0.4, -0.2) is 13.1 Å². The average molecular weight is 204 g/mol. The van der Waals surface area contributed by atoms with Crippen LogP contribution >= 0.6 is 0 Å². The summed E-state index contributed by atoms with van der Waals surface area (Å²) >= 11 is 0. The zero-order chi connectivity index (χ0) is 10.8. The first-order valence-electron chi connectivity index (χ1n) is 4.73. The Hall–Kier alpha value is -1.77. The lowest BCUT2D eigenvalue weighted by Gasteiger charge is -2.13. The molecule has 0 aliphatic carbocycles. The van der Waals surface area contributed by atoms with Gasteiger partial charge in [-0.05, 0) is 6.92 Å². The van der Waals surface area contributed by atoms with Gasteiger partial charge in [0.05, 0.1) is 13.2 Å². The van der Waals surface area contributed by atoms with E-state index in [4.69, 9.17) is 9.47 Å². The van der Waals surface area contributed by atoms with Crippen molar-refractivity contribution < 1.29 is 14.3 Å². The Bertz CT molecular complexity index is 403. The molecule has 15 heavy (non-hydrogen) atoms. The second kappa shape index (κ2) is 3.77. The number of hydrogen-bond donors (Lipinski definition) is 0. The summed E-state index contributed by atoms with van der Waals surface area (Å²) in [6.07, 6.45) is 0.993. The maximum atomic E-state index is 11.1. The van der Waals surface area contributed by atoms with E-state index in [1.54, 1.807) is 0 Å². The van der Waals surface area contributed by atoms with E-state index < -0.39 is 0 Å². The number of esters is 1. The van der Waals surface area contributed by atoms with Gasteiger partial charge < -0.3 is 9.47 Å². The van der Waals surface area contributed by atoms with Gasteiger partial charge in [0.2, 0.25) is 0 Å². The third kappa shape index (κ3) is 1.86. The van der Waals surface area contributed by atoms with Crippen LogP contribution in [0.15, 0.2) is 36.1 Å². The van der Waals surface area contributed by atoms with E-state index in [0.717, 1.165) is 5.56 Å². The maximum absolute atomic E-state index is 11.1. The summed E-state index contributed by atoms with van der Waals surface area (Å²) in [6.45, 7) is 2.01. The summed E-state index contributed by atoms with van der Waals surface area (Å²) in [5.41, 5.74) is 2.10. The van der Waals surface area contributed by atoms with Gasteiger partial charge in [0, 0.05) is 5.56 Å². The first-order valence-corrected chi connectivity index (χ1v) is 4.73. The summed E-state index contributed by atoms with van der Waals surface area (Å²) in [5.74, 6) is 0.210.